The fraction of sp³-hybridized carbons (Fsp3) is 0.250. The zero-order chi connectivity index (χ0) is 19.6. The molecule has 3 rings (SSSR count). The molecule has 0 N–H and O–H groups in total. The molecular formula is C20H19Cl2N3O2. The first-order chi connectivity index (χ1) is 12.8. The highest BCUT2D eigenvalue weighted by atomic mass is 35.5. The van der Waals surface area contributed by atoms with E-state index in [-0.39, 0.29) is 18.5 Å². The van der Waals surface area contributed by atoms with Gasteiger partial charge in [0, 0.05) is 16.6 Å². The first-order valence-electron chi connectivity index (χ1n) is 8.51. The number of aromatic nitrogens is 2. The first-order valence-corrected chi connectivity index (χ1v) is 9.26. The van der Waals surface area contributed by atoms with Crippen molar-refractivity contribution < 1.29 is 9.32 Å². The number of carbonyl (C=O) groups is 1. The molecule has 3 aromatic rings. The van der Waals surface area contributed by atoms with Gasteiger partial charge in [-0.05, 0) is 45.0 Å². The van der Waals surface area contributed by atoms with Crippen LogP contribution in [0.5, 0.6) is 0 Å². The number of benzene rings is 2. The van der Waals surface area contributed by atoms with Gasteiger partial charge in [-0.1, -0.05) is 52.1 Å². The second kappa shape index (κ2) is 8.11. The van der Waals surface area contributed by atoms with Crippen LogP contribution in [-0.4, -0.2) is 27.0 Å². The molecular weight excluding hydrogens is 385 g/mol. The van der Waals surface area contributed by atoms with Gasteiger partial charge in [-0.15, -0.1) is 0 Å². The maximum atomic E-state index is 13.0. The molecule has 2 aromatic carbocycles. The second-order valence-electron chi connectivity index (χ2n) is 6.53. The Bertz CT molecular complexity index is 969. The zero-order valence-electron chi connectivity index (χ0n) is 15.2. The summed E-state index contributed by atoms with van der Waals surface area (Å²) < 4.78 is 5.37. The maximum absolute atomic E-state index is 13.0. The van der Waals surface area contributed by atoms with Crippen molar-refractivity contribution in [2.75, 3.05) is 0 Å². The number of amides is 1. The lowest BCUT2D eigenvalue weighted by Gasteiger charge is -2.25. The van der Waals surface area contributed by atoms with Gasteiger partial charge < -0.3 is 9.42 Å². The van der Waals surface area contributed by atoms with Crippen LogP contribution < -0.4 is 0 Å². The highest BCUT2D eigenvalue weighted by Gasteiger charge is 2.24. The van der Waals surface area contributed by atoms with Gasteiger partial charge in [0.1, 0.15) is 6.54 Å². The van der Waals surface area contributed by atoms with Crippen LogP contribution in [0.4, 0.5) is 0 Å². The summed E-state index contributed by atoms with van der Waals surface area (Å²) in [5, 5.41) is 4.82. The molecule has 7 heteroatoms. The number of nitrogens with zero attached hydrogens (tertiary/aromatic N) is 3. The molecule has 0 aliphatic rings. The molecule has 0 radical (unpaired) electrons. The van der Waals surface area contributed by atoms with Crippen LogP contribution in [0.3, 0.4) is 0 Å². The van der Waals surface area contributed by atoms with Crippen LogP contribution in [0.15, 0.2) is 47.0 Å². The van der Waals surface area contributed by atoms with E-state index in [1.165, 1.54) is 0 Å². The van der Waals surface area contributed by atoms with Gasteiger partial charge in [-0.2, -0.15) is 4.98 Å². The lowest BCUT2D eigenvalue weighted by Crippen LogP contribution is -2.36. The van der Waals surface area contributed by atoms with Crippen LogP contribution in [0.2, 0.25) is 10.0 Å². The Morgan fingerprint density at radius 2 is 1.96 bits per heavy atom. The SMILES string of the molecule is Cc1cccc(-c2noc(CN(C(=O)c3ccc(Cl)cc3Cl)C(C)C)n2)c1. The van der Waals surface area contributed by atoms with Crippen LogP contribution in [0.25, 0.3) is 11.4 Å². The maximum Gasteiger partial charge on any atom is 0.256 e. The van der Waals surface area contributed by atoms with E-state index in [1.54, 1.807) is 23.1 Å². The third kappa shape index (κ3) is 4.49. The van der Waals surface area contributed by atoms with Crippen molar-refractivity contribution in [1.29, 1.82) is 0 Å². The third-order valence-corrected chi connectivity index (χ3v) is 4.64. The van der Waals surface area contributed by atoms with E-state index in [0.717, 1.165) is 11.1 Å². The van der Waals surface area contributed by atoms with Crippen LogP contribution in [0.1, 0.15) is 35.7 Å². The molecule has 0 bridgehead atoms. The molecule has 0 fully saturated rings. The molecule has 1 heterocycles. The molecule has 0 aliphatic carbocycles. The quantitative estimate of drug-likeness (QED) is 0.571. The fourth-order valence-electron chi connectivity index (χ4n) is 2.67. The minimum Gasteiger partial charge on any atom is -0.337 e. The molecule has 1 aromatic heterocycles. The molecule has 5 nitrogen and oxygen atoms in total. The number of carbonyl (C=O) groups excluding carboxylic acids is 1. The largest absolute Gasteiger partial charge is 0.337 e. The number of aryl methyl sites for hydroxylation is 1. The third-order valence-electron chi connectivity index (χ3n) is 4.10. The standard InChI is InChI=1S/C20H19Cl2N3O2/c1-12(2)25(20(26)16-8-7-15(21)10-17(16)22)11-18-23-19(24-27-18)14-6-4-5-13(3)9-14/h4-10,12H,11H2,1-3H3. The summed E-state index contributed by atoms with van der Waals surface area (Å²) in [6, 6.07) is 12.6. The number of rotatable bonds is 5. The predicted octanol–water partition coefficient (Wildman–Crippen LogP) is 5.40. The van der Waals surface area contributed by atoms with Gasteiger partial charge in [0.2, 0.25) is 11.7 Å². The van der Waals surface area contributed by atoms with Crippen molar-refractivity contribution in [2.45, 2.75) is 33.4 Å². The zero-order valence-corrected chi connectivity index (χ0v) is 16.8. The van der Waals surface area contributed by atoms with Crippen molar-refractivity contribution in [2.24, 2.45) is 0 Å². The Balaban J connectivity index is 1.84. The summed E-state index contributed by atoms with van der Waals surface area (Å²) in [7, 11) is 0. The summed E-state index contributed by atoms with van der Waals surface area (Å²) >= 11 is 12.1. The van der Waals surface area contributed by atoms with Gasteiger partial charge in [0.05, 0.1) is 10.6 Å². The Labute approximate surface area is 167 Å². The molecule has 0 unspecified atom stereocenters. The predicted molar refractivity (Wildman–Crippen MR) is 106 cm³/mol. The normalized spacial score (nSPS) is 11.0. The summed E-state index contributed by atoms with van der Waals surface area (Å²) in [4.78, 5) is 19.0. The van der Waals surface area contributed by atoms with Gasteiger partial charge in [-0.25, -0.2) is 0 Å². The van der Waals surface area contributed by atoms with Crippen LogP contribution in [0, 0.1) is 6.92 Å². The molecule has 1 amide bonds. The van der Waals surface area contributed by atoms with Gasteiger partial charge >= 0.3 is 0 Å². The number of hydrogen-bond acceptors (Lipinski definition) is 4. The van der Waals surface area contributed by atoms with Crippen molar-refractivity contribution >= 4 is 29.1 Å². The summed E-state index contributed by atoms with van der Waals surface area (Å²) in [6.45, 7) is 6.02. The minimum atomic E-state index is -0.220. The molecule has 140 valence electrons. The fourth-order valence-corrected chi connectivity index (χ4v) is 3.16. The van der Waals surface area contributed by atoms with Gasteiger partial charge in [-0.3, -0.25) is 4.79 Å². The van der Waals surface area contributed by atoms with Crippen LogP contribution >= 0.6 is 23.2 Å². The Kier molecular flexibility index (Phi) is 5.82. The number of halogens is 2. The second-order valence-corrected chi connectivity index (χ2v) is 7.38. The van der Waals surface area contributed by atoms with E-state index in [2.05, 4.69) is 10.1 Å². The summed E-state index contributed by atoms with van der Waals surface area (Å²) in [5.41, 5.74) is 2.36. The summed E-state index contributed by atoms with van der Waals surface area (Å²) in [5.74, 6) is 0.634. The summed E-state index contributed by atoms with van der Waals surface area (Å²) in [6.07, 6.45) is 0. The molecule has 0 spiro atoms. The lowest BCUT2D eigenvalue weighted by atomic mass is 10.1. The number of hydrogen-bond donors (Lipinski definition) is 0. The van der Waals surface area contributed by atoms with E-state index in [0.29, 0.717) is 27.3 Å². The highest BCUT2D eigenvalue weighted by molar-refractivity contribution is 6.36. The van der Waals surface area contributed by atoms with Gasteiger partial charge in [0.25, 0.3) is 5.91 Å². The van der Waals surface area contributed by atoms with E-state index in [1.807, 2.05) is 45.0 Å². The average Bonchev–Trinajstić information content (AvgIpc) is 3.08. The van der Waals surface area contributed by atoms with Crippen molar-refractivity contribution in [1.82, 2.24) is 15.0 Å². The molecule has 0 saturated carbocycles. The monoisotopic (exact) mass is 403 g/mol. The molecule has 0 saturated heterocycles. The lowest BCUT2D eigenvalue weighted by molar-refractivity contribution is 0.0667. The molecule has 27 heavy (non-hydrogen) atoms. The Morgan fingerprint density at radius 1 is 1.19 bits per heavy atom. The van der Waals surface area contributed by atoms with E-state index in [4.69, 9.17) is 27.7 Å². The van der Waals surface area contributed by atoms with Crippen molar-refractivity contribution in [3.63, 3.8) is 0 Å². The smallest absolute Gasteiger partial charge is 0.256 e. The molecule has 0 atom stereocenters. The Morgan fingerprint density at radius 3 is 2.63 bits per heavy atom. The molecule has 0 aliphatic heterocycles. The van der Waals surface area contributed by atoms with Crippen molar-refractivity contribution in [3.8, 4) is 11.4 Å². The highest BCUT2D eigenvalue weighted by Crippen LogP contribution is 2.24. The minimum absolute atomic E-state index is 0.0847. The average molecular weight is 404 g/mol. The van der Waals surface area contributed by atoms with Crippen LogP contribution in [-0.2, 0) is 6.54 Å². The van der Waals surface area contributed by atoms with E-state index >= 15 is 0 Å². The van der Waals surface area contributed by atoms with E-state index in [9.17, 15) is 4.79 Å². The first kappa shape index (κ1) is 19.4. The van der Waals surface area contributed by atoms with Gasteiger partial charge in [0.15, 0.2) is 0 Å². The van der Waals surface area contributed by atoms with E-state index < -0.39 is 0 Å². The van der Waals surface area contributed by atoms with Crippen molar-refractivity contribution in [3.05, 3.63) is 69.5 Å². The Hall–Kier alpha value is -2.37. The topological polar surface area (TPSA) is 59.2 Å².